The number of piperidine rings is 1. The van der Waals surface area contributed by atoms with Gasteiger partial charge in [0.15, 0.2) is 0 Å². The molecule has 0 aliphatic carbocycles. The Kier molecular flexibility index (Phi) is 5.66. The quantitative estimate of drug-likeness (QED) is 0.546. The van der Waals surface area contributed by atoms with E-state index >= 15 is 0 Å². The fourth-order valence-electron chi connectivity index (χ4n) is 4.67. The number of likely N-dealkylation sites (tertiary alicyclic amines) is 1. The Morgan fingerprint density at radius 1 is 1.19 bits per heavy atom. The molecule has 2 aliphatic heterocycles. The van der Waals surface area contributed by atoms with Gasteiger partial charge in [-0.1, -0.05) is 36.4 Å². The third-order valence-corrected chi connectivity index (χ3v) is 6.84. The molecular weight excluding hydrogens is 425 g/mol. The molecule has 0 spiro atoms. The molecule has 2 N–H and O–H groups in total. The average Bonchev–Trinajstić information content (AvgIpc) is 3.16. The van der Waals surface area contributed by atoms with Crippen molar-refractivity contribution in [1.29, 1.82) is 0 Å². The second kappa shape index (κ2) is 8.60. The van der Waals surface area contributed by atoms with E-state index in [4.69, 9.17) is 16.6 Å². The number of nitrogens with one attached hydrogen (secondary N) is 2. The Labute approximate surface area is 192 Å². The van der Waals surface area contributed by atoms with Crippen molar-refractivity contribution in [3.8, 4) is 11.4 Å². The molecule has 2 aromatic carbocycles. The summed E-state index contributed by atoms with van der Waals surface area (Å²) in [6.07, 6.45) is 2.17. The van der Waals surface area contributed by atoms with E-state index in [-0.39, 0.29) is 5.02 Å². The van der Waals surface area contributed by atoms with E-state index in [0.29, 0.717) is 17.4 Å². The van der Waals surface area contributed by atoms with Crippen LogP contribution in [0.25, 0.3) is 11.4 Å². The standard InChI is InChI=1S/C25H27ClFN5/c1-16-24(30-25(28-16)18-7-8-21(26)22(27)13-18)15-31-11-9-20(10-12-31)32-14-19-5-3-4-6-23(19)29-17(32)2/h3-8,13,20,29H,2,9-12,14-15H2,1H3,(H,28,30). The molecule has 5 rings (SSSR count). The summed E-state index contributed by atoms with van der Waals surface area (Å²) < 4.78 is 13.8. The van der Waals surface area contributed by atoms with Crippen molar-refractivity contribution in [3.63, 3.8) is 0 Å². The second-order valence-corrected chi connectivity index (χ2v) is 9.06. The van der Waals surface area contributed by atoms with E-state index in [1.807, 2.05) is 6.92 Å². The molecule has 3 heterocycles. The van der Waals surface area contributed by atoms with Gasteiger partial charge < -0.3 is 15.2 Å². The zero-order valence-corrected chi connectivity index (χ0v) is 18.9. The van der Waals surface area contributed by atoms with Crippen molar-refractivity contribution in [1.82, 2.24) is 19.8 Å². The van der Waals surface area contributed by atoms with Crippen molar-refractivity contribution < 1.29 is 4.39 Å². The number of imidazole rings is 1. The number of nitrogens with zero attached hydrogens (tertiary/aromatic N) is 3. The number of halogens is 2. The van der Waals surface area contributed by atoms with E-state index in [2.05, 4.69) is 50.9 Å². The third kappa shape index (κ3) is 4.12. The number of aromatic nitrogens is 2. The van der Waals surface area contributed by atoms with Gasteiger partial charge in [0.1, 0.15) is 11.6 Å². The lowest BCUT2D eigenvalue weighted by Gasteiger charge is -2.43. The number of H-pyrrole nitrogens is 1. The van der Waals surface area contributed by atoms with E-state index < -0.39 is 5.82 Å². The maximum atomic E-state index is 13.8. The summed E-state index contributed by atoms with van der Waals surface area (Å²) in [5, 5.41) is 3.58. The van der Waals surface area contributed by atoms with E-state index in [9.17, 15) is 4.39 Å². The number of anilines is 1. The molecule has 3 aromatic rings. The lowest BCUT2D eigenvalue weighted by Crippen LogP contribution is -2.46. The van der Waals surface area contributed by atoms with Gasteiger partial charge in [-0.25, -0.2) is 9.37 Å². The third-order valence-electron chi connectivity index (χ3n) is 6.53. The van der Waals surface area contributed by atoms with E-state index in [1.54, 1.807) is 12.1 Å². The van der Waals surface area contributed by atoms with Gasteiger partial charge in [-0.15, -0.1) is 0 Å². The van der Waals surface area contributed by atoms with Crippen LogP contribution in [0, 0.1) is 12.7 Å². The highest BCUT2D eigenvalue weighted by Gasteiger charge is 2.29. The summed E-state index contributed by atoms with van der Waals surface area (Å²) in [6.45, 7) is 9.99. The van der Waals surface area contributed by atoms with Crippen molar-refractivity contribution in [2.45, 2.75) is 38.9 Å². The Hall–Kier alpha value is -2.83. The lowest BCUT2D eigenvalue weighted by atomic mass is 10.00. The highest BCUT2D eigenvalue weighted by atomic mass is 35.5. The Morgan fingerprint density at radius 2 is 1.97 bits per heavy atom. The fourth-order valence-corrected chi connectivity index (χ4v) is 4.78. The molecule has 5 nitrogen and oxygen atoms in total. The number of hydrogen-bond acceptors (Lipinski definition) is 4. The van der Waals surface area contributed by atoms with Gasteiger partial charge in [0.25, 0.3) is 0 Å². The summed E-state index contributed by atoms with van der Waals surface area (Å²) in [7, 11) is 0. The summed E-state index contributed by atoms with van der Waals surface area (Å²) in [6, 6.07) is 13.7. The van der Waals surface area contributed by atoms with E-state index in [1.165, 1.54) is 11.6 Å². The van der Waals surface area contributed by atoms with Crippen LogP contribution >= 0.6 is 11.6 Å². The highest BCUT2D eigenvalue weighted by molar-refractivity contribution is 6.30. The first kappa shape index (κ1) is 21.0. The fraction of sp³-hybridized carbons (Fsp3) is 0.320. The van der Waals surface area contributed by atoms with Gasteiger partial charge in [-0.3, -0.25) is 4.90 Å². The Bertz CT molecular complexity index is 1150. The number of para-hydroxylation sites is 1. The molecule has 2 aliphatic rings. The molecule has 0 unspecified atom stereocenters. The molecule has 0 atom stereocenters. The van der Waals surface area contributed by atoms with Gasteiger partial charge in [-0.2, -0.15) is 0 Å². The van der Waals surface area contributed by atoms with Crippen LogP contribution in [0.2, 0.25) is 5.02 Å². The van der Waals surface area contributed by atoms with Gasteiger partial charge >= 0.3 is 0 Å². The first-order chi connectivity index (χ1) is 15.5. The number of hydrogen-bond donors (Lipinski definition) is 2. The largest absolute Gasteiger partial charge is 0.351 e. The van der Waals surface area contributed by atoms with Crippen LogP contribution in [-0.2, 0) is 13.1 Å². The minimum Gasteiger partial charge on any atom is -0.351 e. The molecule has 0 saturated carbocycles. The topological polar surface area (TPSA) is 47.2 Å². The monoisotopic (exact) mass is 451 g/mol. The zero-order chi connectivity index (χ0) is 22.2. The van der Waals surface area contributed by atoms with Crippen molar-refractivity contribution in [2.75, 3.05) is 18.4 Å². The van der Waals surface area contributed by atoms with Crippen LogP contribution in [0.1, 0.15) is 29.8 Å². The molecule has 1 fully saturated rings. The summed E-state index contributed by atoms with van der Waals surface area (Å²) in [5.41, 5.74) is 5.21. The normalized spacial score (nSPS) is 17.3. The Balaban J connectivity index is 1.22. The zero-order valence-electron chi connectivity index (χ0n) is 18.2. The number of aromatic amines is 1. The molecule has 32 heavy (non-hydrogen) atoms. The first-order valence-electron chi connectivity index (χ1n) is 11.0. The smallest absolute Gasteiger partial charge is 0.142 e. The SMILES string of the molecule is C=C1Nc2ccccc2CN1C1CCN(Cc2nc(-c3ccc(Cl)c(F)c3)[nH]c2C)CC1. The Morgan fingerprint density at radius 3 is 2.75 bits per heavy atom. The van der Waals surface area contributed by atoms with E-state index in [0.717, 1.165) is 61.9 Å². The average molecular weight is 452 g/mol. The second-order valence-electron chi connectivity index (χ2n) is 8.65. The predicted molar refractivity (Wildman–Crippen MR) is 127 cm³/mol. The number of fused-ring (bicyclic) bond motifs is 1. The molecule has 1 aromatic heterocycles. The number of benzene rings is 2. The first-order valence-corrected chi connectivity index (χ1v) is 11.4. The molecule has 166 valence electrons. The summed E-state index contributed by atoms with van der Waals surface area (Å²) in [4.78, 5) is 12.9. The number of rotatable bonds is 4. The van der Waals surface area contributed by atoms with Crippen molar-refractivity contribution in [3.05, 3.63) is 82.7 Å². The van der Waals surface area contributed by atoms with Crippen LogP contribution in [0.4, 0.5) is 10.1 Å². The maximum Gasteiger partial charge on any atom is 0.142 e. The molecule has 0 bridgehead atoms. The highest BCUT2D eigenvalue weighted by Crippen LogP contribution is 2.31. The van der Waals surface area contributed by atoms with Crippen LogP contribution in [0.15, 0.2) is 54.9 Å². The van der Waals surface area contributed by atoms with Gasteiger partial charge in [0.2, 0.25) is 0 Å². The molecule has 0 radical (unpaired) electrons. The van der Waals surface area contributed by atoms with Crippen molar-refractivity contribution in [2.24, 2.45) is 0 Å². The molecule has 7 heteroatoms. The van der Waals surface area contributed by atoms with Crippen LogP contribution in [0.3, 0.4) is 0 Å². The van der Waals surface area contributed by atoms with Gasteiger partial charge in [0.05, 0.1) is 16.5 Å². The molecular formula is C25H27ClFN5. The maximum absolute atomic E-state index is 13.8. The summed E-state index contributed by atoms with van der Waals surface area (Å²) in [5.74, 6) is 1.24. The van der Waals surface area contributed by atoms with Crippen molar-refractivity contribution >= 4 is 17.3 Å². The predicted octanol–water partition coefficient (Wildman–Crippen LogP) is 5.54. The number of aryl methyl sites for hydroxylation is 1. The minimum absolute atomic E-state index is 0.121. The van der Waals surface area contributed by atoms with Crippen LogP contribution in [-0.4, -0.2) is 38.9 Å². The van der Waals surface area contributed by atoms with Crippen LogP contribution in [0.5, 0.6) is 0 Å². The molecule has 0 amide bonds. The van der Waals surface area contributed by atoms with Gasteiger partial charge in [0, 0.05) is 49.2 Å². The lowest BCUT2D eigenvalue weighted by molar-refractivity contribution is 0.122. The van der Waals surface area contributed by atoms with Crippen LogP contribution < -0.4 is 5.32 Å². The molecule has 1 saturated heterocycles. The minimum atomic E-state index is -0.432. The van der Waals surface area contributed by atoms with Gasteiger partial charge in [-0.05, 0) is 49.6 Å². The summed E-state index contributed by atoms with van der Waals surface area (Å²) >= 11 is 5.81.